The number of alkyl halides is 3. The van der Waals surface area contributed by atoms with E-state index in [-0.39, 0.29) is 70.4 Å². The number of rotatable bonds is 14. The zero-order chi connectivity index (χ0) is 58.2. The summed E-state index contributed by atoms with van der Waals surface area (Å²) < 4.78 is 54.1. The predicted octanol–water partition coefficient (Wildman–Crippen LogP) is 9.54. The number of β-amino-alcohol motifs (C(OH)–C–C–N with tert-alkyl or cyclic N) is 1. The van der Waals surface area contributed by atoms with Crippen molar-refractivity contribution in [3.63, 3.8) is 0 Å². The lowest BCUT2D eigenvalue weighted by molar-refractivity contribution is -0.164. The number of halogens is 3. The van der Waals surface area contributed by atoms with Crippen molar-refractivity contribution in [3.8, 4) is 27.7 Å². The van der Waals surface area contributed by atoms with Crippen molar-refractivity contribution in [2.45, 2.75) is 141 Å². The number of aromatic amines is 1. The van der Waals surface area contributed by atoms with E-state index in [4.69, 9.17) is 19.8 Å². The molecule has 15 rings (SSSR count). The number of nitrogens with one attached hydrogen (secondary N) is 3. The van der Waals surface area contributed by atoms with Gasteiger partial charge in [0, 0.05) is 97.3 Å². The summed E-state index contributed by atoms with van der Waals surface area (Å²) in [6, 6.07) is 10.7. The standard InChI is InChI=1S/C61H69F3N14O4S2/c1-33-18-42-41(21-68-72-42)45(47(33)61(62,63)64)48-50-40(14-16-65-48)46-52(76-22-37-12-13-38(23-76)69-37)70-56(71-54(46)84-50)82-31-58(6)15-7-17-75(29-58)30-59-26-60(27-59,28-59)44-25-78(74-73-44)51(57(3,4)5)55(81)77-24-39(79)19-43(77)53(80)66-20-35-8-10-36(11-9-35)49-34(2)67-32-83-49/h8-11,14,16,18,21,25,32,37-39,43,51,69,79H,7,12-13,15,17,19-20,22-24,26-31H2,1-6H3,(H,66,80)(H,68,72)/t37-,38+,39-,43+,51-,58?,59?,60?/m1/s1. The maximum absolute atomic E-state index is 15.0. The number of aryl methyl sites for hydroxylation is 2. The SMILES string of the molecule is Cc1cc2[nH]ncc2c(-c2nccc3c2sc2nc(OCC4(C)CCCN(CC56CC(c7cn([C@H](C(=O)N8C[C@H](O)C[C@H]8C(=O)NCc8ccc(-c9scnc9C)cc8)C(C)(C)C)nn7)(C5)C6)C4)nc(N4C[C@H]5CC[C@@H](C4)N5)c23)c1C(F)(F)F. The van der Waals surface area contributed by atoms with E-state index in [1.807, 2.05) is 69.7 Å². The van der Waals surface area contributed by atoms with Gasteiger partial charge in [-0.05, 0) is 105 Å². The Bertz CT molecular complexity index is 3860. The topological polar surface area (TPSA) is 208 Å². The van der Waals surface area contributed by atoms with Gasteiger partial charge in [-0.1, -0.05) is 57.2 Å². The van der Waals surface area contributed by atoms with Gasteiger partial charge >= 0.3 is 12.2 Å². The number of aliphatic hydroxyl groups excluding tert-OH is 1. The molecule has 2 amide bonds. The number of nitrogens with zero attached hydrogens (tertiary/aromatic N) is 11. The molecule has 440 valence electrons. The molecule has 10 heterocycles. The summed E-state index contributed by atoms with van der Waals surface area (Å²) in [5.74, 6) is 0.162. The second-order valence-electron chi connectivity index (χ2n) is 26.6. The molecular weight excluding hydrogens is 1110 g/mol. The first-order valence-electron chi connectivity index (χ1n) is 29.3. The predicted molar refractivity (Wildman–Crippen MR) is 316 cm³/mol. The van der Waals surface area contributed by atoms with Crippen LogP contribution in [0.2, 0.25) is 0 Å². The maximum atomic E-state index is 15.0. The summed E-state index contributed by atoms with van der Waals surface area (Å²) in [6.07, 6.45) is 6.72. The highest BCUT2D eigenvalue weighted by molar-refractivity contribution is 7.26. The van der Waals surface area contributed by atoms with Crippen LogP contribution in [0.5, 0.6) is 6.01 Å². The number of H-pyrrole nitrogens is 1. The van der Waals surface area contributed by atoms with Gasteiger partial charge in [0.15, 0.2) is 0 Å². The van der Waals surface area contributed by atoms with Crippen LogP contribution in [-0.4, -0.2) is 142 Å². The molecule has 6 aromatic heterocycles. The van der Waals surface area contributed by atoms with E-state index in [1.165, 1.54) is 35.4 Å². The smallest absolute Gasteiger partial charge is 0.417 e. The number of benzene rings is 2. The first-order chi connectivity index (χ1) is 40.1. The Morgan fingerprint density at radius 2 is 1.77 bits per heavy atom. The van der Waals surface area contributed by atoms with Crippen LogP contribution in [0.4, 0.5) is 19.0 Å². The number of ether oxygens (including phenoxy) is 1. The van der Waals surface area contributed by atoms with Gasteiger partial charge in [-0.2, -0.15) is 28.2 Å². The van der Waals surface area contributed by atoms with E-state index in [9.17, 15) is 14.7 Å². The van der Waals surface area contributed by atoms with E-state index < -0.39 is 35.3 Å². The number of thiophene rings is 1. The minimum Gasteiger partial charge on any atom is -0.463 e. The van der Waals surface area contributed by atoms with Gasteiger partial charge in [0.25, 0.3) is 0 Å². The number of fused-ring (bicyclic) bond motifs is 6. The molecule has 23 heteroatoms. The Morgan fingerprint density at radius 1 is 1.00 bits per heavy atom. The summed E-state index contributed by atoms with van der Waals surface area (Å²) in [4.78, 5) is 56.0. The first kappa shape index (κ1) is 55.2. The van der Waals surface area contributed by atoms with Crippen LogP contribution in [0.15, 0.2) is 60.5 Å². The third kappa shape index (κ3) is 9.69. The summed E-state index contributed by atoms with van der Waals surface area (Å²) in [5, 5.41) is 35.9. The van der Waals surface area contributed by atoms with Crippen LogP contribution >= 0.6 is 22.7 Å². The van der Waals surface area contributed by atoms with E-state index >= 15 is 13.2 Å². The van der Waals surface area contributed by atoms with Crippen molar-refractivity contribution >= 4 is 71.5 Å². The van der Waals surface area contributed by atoms with Gasteiger partial charge in [0.1, 0.15) is 22.7 Å². The lowest BCUT2D eigenvalue weighted by Gasteiger charge is -2.71. The molecule has 6 atom stereocenters. The van der Waals surface area contributed by atoms with Crippen LogP contribution < -0.4 is 20.3 Å². The number of amides is 2. The highest BCUT2D eigenvalue weighted by Crippen LogP contribution is 2.73. The highest BCUT2D eigenvalue weighted by atomic mass is 32.1. The van der Waals surface area contributed by atoms with Crippen LogP contribution in [0.1, 0.15) is 113 Å². The maximum Gasteiger partial charge on any atom is 0.417 e. The molecule has 4 N–H and O–H groups in total. The molecule has 3 saturated carbocycles. The van der Waals surface area contributed by atoms with Crippen molar-refractivity contribution in [2.24, 2.45) is 16.2 Å². The lowest BCUT2D eigenvalue weighted by Crippen LogP contribution is -2.68. The van der Waals surface area contributed by atoms with Crippen molar-refractivity contribution < 1.29 is 32.6 Å². The molecule has 7 aliphatic rings. The average molecular weight is 1180 g/mol. The fourth-order valence-corrected chi connectivity index (χ4v) is 17.3. The molecular formula is C61H69F3N14O4S2. The highest BCUT2D eigenvalue weighted by Gasteiger charge is 2.69. The van der Waals surface area contributed by atoms with Crippen LogP contribution in [0.25, 0.3) is 52.9 Å². The second kappa shape index (κ2) is 20.2. The molecule has 8 aromatic rings. The molecule has 3 aliphatic carbocycles. The average Bonchev–Trinajstić information content (AvgIpc) is 0.772. The fraction of sp³-hybridized carbons (Fsp3) is 0.525. The van der Waals surface area contributed by atoms with Gasteiger partial charge in [0.2, 0.25) is 11.8 Å². The van der Waals surface area contributed by atoms with Crippen LogP contribution in [0.3, 0.4) is 0 Å². The zero-order valence-corrected chi connectivity index (χ0v) is 49.6. The number of carbonyl (C=O) groups excluding carboxylic acids is 2. The molecule has 84 heavy (non-hydrogen) atoms. The van der Waals surface area contributed by atoms with Crippen LogP contribution in [0, 0.1) is 30.1 Å². The summed E-state index contributed by atoms with van der Waals surface area (Å²) in [5.41, 5.74) is 5.05. The molecule has 4 bridgehead atoms. The van der Waals surface area contributed by atoms with Crippen molar-refractivity contribution in [3.05, 3.63) is 88.6 Å². The Morgan fingerprint density at radius 3 is 2.50 bits per heavy atom. The quantitative estimate of drug-likeness (QED) is 0.0800. The molecule has 7 fully saturated rings. The van der Waals surface area contributed by atoms with Crippen molar-refractivity contribution in [1.82, 2.24) is 65.6 Å². The van der Waals surface area contributed by atoms with Gasteiger partial charge in [-0.15, -0.1) is 27.8 Å². The van der Waals surface area contributed by atoms with Gasteiger partial charge in [-0.3, -0.25) is 19.7 Å². The largest absolute Gasteiger partial charge is 0.463 e. The Kier molecular flexibility index (Phi) is 13.3. The number of hydrogen-bond donors (Lipinski definition) is 4. The number of piperazine rings is 1. The number of hydrogen-bond acceptors (Lipinski definition) is 16. The minimum absolute atomic E-state index is 0.000229. The number of carbonyl (C=O) groups is 2. The summed E-state index contributed by atoms with van der Waals surface area (Å²) >= 11 is 2.92. The summed E-state index contributed by atoms with van der Waals surface area (Å²) in [7, 11) is 0. The van der Waals surface area contributed by atoms with Gasteiger partial charge in [0.05, 0.1) is 67.5 Å². The van der Waals surface area contributed by atoms with E-state index in [2.05, 4.69) is 52.7 Å². The van der Waals surface area contributed by atoms with Crippen LogP contribution in [-0.2, 0) is 27.7 Å². The molecule has 4 aliphatic heterocycles. The normalized spacial score (nSPS) is 26.5. The molecule has 0 radical (unpaired) electrons. The number of piperidine rings is 1. The second-order valence-corrected chi connectivity index (χ2v) is 28.5. The molecule has 0 spiro atoms. The number of anilines is 1. The summed E-state index contributed by atoms with van der Waals surface area (Å²) in [6.45, 7) is 16.7. The number of thiazole rings is 1. The first-order valence-corrected chi connectivity index (χ1v) is 31.0. The third-order valence-electron chi connectivity index (χ3n) is 19.0. The monoisotopic (exact) mass is 1180 g/mol. The van der Waals surface area contributed by atoms with Gasteiger partial charge < -0.3 is 35.2 Å². The number of pyridine rings is 1. The third-order valence-corrected chi connectivity index (χ3v) is 21.0. The van der Waals surface area contributed by atoms with Crippen molar-refractivity contribution in [1.29, 1.82) is 0 Å². The molecule has 18 nitrogen and oxygen atoms in total. The molecule has 2 aromatic carbocycles. The van der Waals surface area contributed by atoms with E-state index in [0.717, 1.165) is 122 Å². The Hall–Kier alpha value is -6.66. The van der Waals surface area contributed by atoms with Crippen molar-refractivity contribution in [2.75, 3.05) is 50.8 Å². The number of likely N-dealkylation sites (tertiary alicyclic amines) is 2. The fourth-order valence-electron chi connectivity index (χ4n) is 15.3. The number of aromatic nitrogens is 9. The van der Waals surface area contributed by atoms with Gasteiger partial charge in [-0.25, -0.2) is 9.67 Å². The molecule has 1 unspecified atom stereocenters. The molecule has 4 saturated heterocycles. The van der Waals surface area contributed by atoms with E-state index in [0.29, 0.717) is 39.1 Å². The lowest BCUT2D eigenvalue weighted by atomic mass is 9.34. The minimum atomic E-state index is -4.64. The Labute approximate surface area is 492 Å². The Balaban J connectivity index is 0.649. The zero-order valence-electron chi connectivity index (χ0n) is 48.0. The number of aliphatic hydroxyl groups is 1. The van der Waals surface area contributed by atoms with E-state index in [1.54, 1.807) is 22.2 Å².